The van der Waals surface area contributed by atoms with Crippen LogP contribution in [0.4, 0.5) is 14.9 Å². The summed E-state index contributed by atoms with van der Waals surface area (Å²) < 4.78 is 19.9. The van der Waals surface area contributed by atoms with Crippen LogP contribution in [0.25, 0.3) is 0 Å². The normalized spacial score (nSPS) is 25.9. The summed E-state index contributed by atoms with van der Waals surface area (Å²) in [5, 5.41) is 12.3. The average molecular weight is 364 g/mol. The first-order chi connectivity index (χ1) is 12.5. The molecule has 142 valence electrons. The van der Waals surface area contributed by atoms with E-state index in [9.17, 15) is 19.1 Å². The molecule has 0 spiro atoms. The Morgan fingerprint density at radius 1 is 1.35 bits per heavy atom. The summed E-state index contributed by atoms with van der Waals surface area (Å²) >= 11 is 0. The van der Waals surface area contributed by atoms with Crippen LogP contribution in [-0.2, 0) is 9.53 Å². The second kappa shape index (κ2) is 8.03. The van der Waals surface area contributed by atoms with Crippen molar-refractivity contribution in [2.24, 2.45) is 0 Å². The second-order valence-corrected chi connectivity index (χ2v) is 6.99. The standard InChI is InChI=1S/C19H25FN2O4/c1-2-18(24)21-10-15-11-22(19(25)26-15)13-5-8-16(17(20)9-13)12-3-6-14(23)7-4-12/h5,8-9,12,14-15,23H,2-4,6-7,10-11H2,1H3,(H,21,24)/t12?,14?,15-/m0/s1. The molecule has 0 aromatic heterocycles. The summed E-state index contributed by atoms with van der Waals surface area (Å²) in [7, 11) is 0. The minimum atomic E-state index is -0.534. The van der Waals surface area contributed by atoms with Crippen molar-refractivity contribution in [3.63, 3.8) is 0 Å². The van der Waals surface area contributed by atoms with Gasteiger partial charge in [-0.2, -0.15) is 0 Å². The summed E-state index contributed by atoms with van der Waals surface area (Å²) in [6.45, 7) is 2.27. The molecule has 0 unspecified atom stereocenters. The molecular weight excluding hydrogens is 339 g/mol. The van der Waals surface area contributed by atoms with Crippen LogP contribution < -0.4 is 10.2 Å². The van der Waals surface area contributed by atoms with Gasteiger partial charge in [0, 0.05) is 6.42 Å². The molecule has 2 aliphatic rings. The summed E-state index contributed by atoms with van der Waals surface area (Å²) in [6, 6.07) is 4.83. The maximum atomic E-state index is 14.6. The lowest BCUT2D eigenvalue weighted by Crippen LogP contribution is -2.34. The van der Waals surface area contributed by atoms with Gasteiger partial charge in [0.15, 0.2) is 0 Å². The van der Waals surface area contributed by atoms with E-state index in [1.165, 1.54) is 11.0 Å². The van der Waals surface area contributed by atoms with Crippen LogP contribution in [0, 0.1) is 5.82 Å². The van der Waals surface area contributed by atoms with Gasteiger partial charge in [0.1, 0.15) is 11.9 Å². The number of amides is 2. The monoisotopic (exact) mass is 364 g/mol. The first kappa shape index (κ1) is 18.6. The lowest BCUT2D eigenvalue weighted by Gasteiger charge is -2.26. The molecule has 1 aromatic rings. The highest BCUT2D eigenvalue weighted by Gasteiger charge is 2.33. The Labute approximate surface area is 152 Å². The van der Waals surface area contributed by atoms with Gasteiger partial charge in [-0.15, -0.1) is 0 Å². The molecule has 2 amide bonds. The van der Waals surface area contributed by atoms with Gasteiger partial charge in [-0.25, -0.2) is 9.18 Å². The van der Waals surface area contributed by atoms with Gasteiger partial charge in [0.2, 0.25) is 5.91 Å². The third kappa shape index (κ3) is 4.15. The topological polar surface area (TPSA) is 78.9 Å². The number of halogens is 1. The van der Waals surface area contributed by atoms with Gasteiger partial charge in [-0.05, 0) is 49.3 Å². The number of carbonyl (C=O) groups is 2. The van der Waals surface area contributed by atoms with Crippen molar-refractivity contribution in [1.29, 1.82) is 0 Å². The fourth-order valence-electron chi connectivity index (χ4n) is 3.59. The second-order valence-electron chi connectivity index (χ2n) is 6.99. The van der Waals surface area contributed by atoms with Gasteiger partial charge in [0.25, 0.3) is 0 Å². The number of cyclic esters (lactones) is 1. The van der Waals surface area contributed by atoms with Gasteiger partial charge in [0.05, 0.1) is 24.9 Å². The van der Waals surface area contributed by atoms with E-state index in [0.717, 1.165) is 12.8 Å². The Hall–Kier alpha value is -2.15. The highest BCUT2D eigenvalue weighted by molar-refractivity contribution is 5.89. The molecule has 1 atom stereocenters. The molecule has 2 N–H and O–H groups in total. The molecule has 1 aromatic carbocycles. The van der Waals surface area contributed by atoms with Gasteiger partial charge < -0.3 is 15.2 Å². The van der Waals surface area contributed by atoms with E-state index < -0.39 is 12.2 Å². The number of benzene rings is 1. The van der Waals surface area contributed by atoms with Crippen molar-refractivity contribution >= 4 is 17.7 Å². The molecule has 1 saturated carbocycles. The lowest BCUT2D eigenvalue weighted by atomic mass is 9.82. The molecule has 7 heteroatoms. The van der Waals surface area contributed by atoms with E-state index in [0.29, 0.717) is 30.5 Å². The highest BCUT2D eigenvalue weighted by atomic mass is 19.1. The number of carbonyl (C=O) groups excluding carboxylic acids is 2. The number of hydrogen-bond donors (Lipinski definition) is 2. The zero-order valence-electron chi connectivity index (χ0n) is 14.9. The largest absolute Gasteiger partial charge is 0.442 e. The Morgan fingerprint density at radius 2 is 2.08 bits per heavy atom. The smallest absolute Gasteiger partial charge is 0.414 e. The van der Waals surface area contributed by atoms with Gasteiger partial charge in [-0.1, -0.05) is 13.0 Å². The minimum Gasteiger partial charge on any atom is -0.442 e. The molecule has 1 aliphatic carbocycles. The summed E-state index contributed by atoms with van der Waals surface area (Å²) in [5.74, 6) is -0.332. The van der Waals surface area contributed by atoms with Crippen molar-refractivity contribution in [2.45, 2.75) is 57.2 Å². The molecule has 6 nitrogen and oxygen atoms in total. The fraction of sp³-hybridized carbons (Fsp3) is 0.579. The van der Waals surface area contributed by atoms with Gasteiger partial charge in [-0.3, -0.25) is 9.69 Å². The fourth-order valence-corrected chi connectivity index (χ4v) is 3.59. The van der Waals surface area contributed by atoms with Crippen LogP contribution in [0.3, 0.4) is 0 Å². The van der Waals surface area contributed by atoms with Crippen molar-refractivity contribution in [2.75, 3.05) is 18.0 Å². The van der Waals surface area contributed by atoms with Crippen LogP contribution in [0.1, 0.15) is 50.5 Å². The van der Waals surface area contributed by atoms with Crippen LogP contribution in [-0.4, -0.2) is 42.4 Å². The van der Waals surface area contributed by atoms with E-state index >= 15 is 0 Å². The SMILES string of the molecule is CCC(=O)NC[C@H]1CN(c2ccc(C3CCC(O)CC3)c(F)c2)C(=O)O1. The Bertz CT molecular complexity index is 674. The van der Waals surface area contributed by atoms with E-state index in [1.54, 1.807) is 19.1 Å². The number of ether oxygens (including phenoxy) is 1. The van der Waals surface area contributed by atoms with Crippen LogP contribution in [0.2, 0.25) is 0 Å². The molecule has 0 radical (unpaired) electrons. The maximum Gasteiger partial charge on any atom is 0.414 e. The summed E-state index contributed by atoms with van der Waals surface area (Å²) in [6.07, 6.45) is 2.03. The predicted octanol–water partition coefficient (Wildman–Crippen LogP) is 2.70. The molecule has 1 heterocycles. The molecule has 2 fully saturated rings. The number of hydrogen-bond acceptors (Lipinski definition) is 4. The number of nitrogens with one attached hydrogen (secondary N) is 1. The van der Waals surface area contributed by atoms with Crippen molar-refractivity contribution < 1.29 is 23.8 Å². The van der Waals surface area contributed by atoms with Crippen LogP contribution >= 0.6 is 0 Å². The first-order valence-electron chi connectivity index (χ1n) is 9.20. The number of aliphatic hydroxyl groups is 1. The zero-order valence-corrected chi connectivity index (χ0v) is 14.9. The zero-order chi connectivity index (χ0) is 18.7. The van der Waals surface area contributed by atoms with E-state index in [4.69, 9.17) is 4.74 Å². The molecule has 0 bridgehead atoms. The lowest BCUT2D eigenvalue weighted by molar-refractivity contribution is -0.121. The number of aliphatic hydroxyl groups excluding tert-OH is 1. The minimum absolute atomic E-state index is 0.104. The van der Waals surface area contributed by atoms with Crippen molar-refractivity contribution in [3.05, 3.63) is 29.6 Å². The van der Waals surface area contributed by atoms with Crippen molar-refractivity contribution in [3.8, 4) is 0 Å². The molecule has 26 heavy (non-hydrogen) atoms. The number of anilines is 1. The maximum absolute atomic E-state index is 14.6. The predicted molar refractivity (Wildman–Crippen MR) is 94.5 cm³/mol. The third-order valence-corrected chi connectivity index (χ3v) is 5.15. The van der Waals surface area contributed by atoms with E-state index in [-0.39, 0.29) is 36.8 Å². The van der Waals surface area contributed by atoms with Crippen LogP contribution in [0.5, 0.6) is 0 Å². The summed E-state index contributed by atoms with van der Waals surface area (Å²) in [4.78, 5) is 24.8. The highest BCUT2D eigenvalue weighted by Crippen LogP contribution is 2.35. The average Bonchev–Trinajstić information content (AvgIpc) is 3.01. The van der Waals surface area contributed by atoms with E-state index in [1.807, 2.05) is 0 Å². The number of rotatable bonds is 5. The Kier molecular flexibility index (Phi) is 5.76. The van der Waals surface area contributed by atoms with Crippen molar-refractivity contribution in [1.82, 2.24) is 5.32 Å². The molecule has 1 saturated heterocycles. The van der Waals surface area contributed by atoms with E-state index in [2.05, 4.69) is 5.32 Å². The first-order valence-corrected chi connectivity index (χ1v) is 9.20. The molecular formula is C19H25FN2O4. The quantitative estimate of drug-likeness (QED) is 0.842. The Balaban J connectivity index is 1.65. The Morgan fingerprint density at radius 3 is 2.73 bits per heavy atom. The van der Waals surface area contributed by atoms with Gasteiger partial charge >= 0.3 is 6.09 Å². The number of nitrogens with zero attached hydrogens (tertiary/aromatic N) is 1. The molecule has 1 aliphatic heterocycles. The van der Waals surface area contributed by atoms with Crippen LogP contribution in [0.15, 0.2) is 18.2 Å². The summed E-state index contributed by atoms with van der Waals surface area (Å²) in [5.41, 5.74) is 1.09. The molecule has 3 rings (SSSR count). The third-order valence-electron chi connectivity index (χ3n) is 5.15.